The van der Waals surface area contributed by atoms with Crippen molar-refractivity contribution in [3.05, 3.63) is 29.3 Å². The summed E-state index contributed by atoms with van der Waals surface area (Å²) in [5.74, 6) is -4.50. The Labute approximate surface area is 69.4 Å². The maximum Gasteiger partial charge on any atom is 0.420 e. The molecule has 1 N–H and O–H groups in total. The number of aromatic hydroxyl groups is 1. The molecule has 0 aromatic heterocycles. The van der Waals surface area contributed by atoms with Crippen molar-refractivity contribution in [2.24, 2.45) is 0 Å². The maximum atomic E-state index is 12.3. The molecule has 0 aliphatic carbocycles. The summed E-state index contributed by atoms with van der Waals surface area (Å²) in [5, 5.41) is 8.62. The van der Waals surface area contributed by atoms with Crippen molar-refractivity contribution in [3.63, 3.8) is 0 Å². The fourth-order valence-corrected chi connectivity index (χ4v) is 0.763. The molecule has 6 heteroatoms. The lowest BCUT2D eigenvalue weighted by molar-refractivity contribution is -0.139. The molecule has 0 radical (unpaired) electrons. The number of phenols is 1. The molecule has 0 atom stereocenters. The van der Waals surface area contributed by atoms with Gasteiger partial charge in [0.05, 0.1) is 0 Å². The molecule has 1 nitrogen and oxygen atoms in total. The molecule has 0 aliphatic rings. The van der Waals surface area contributed by atoms with Crippen molar-refractivity contribution in [1.82, 2.24) is 0 Å². The van der Waals surface area contributed by atoms with Gasteiger partial charge in [-0.25, -0.2) is 8.78 Å². The third kappa shape index (κ3) is 1.88. The van der Waals surface area contributed by atoms with Crippen molar-refractivity contribution in [2.45, 2.75) is 6.18 Å². The van der Waals surface area contributed by atoms with Crippen LogP contribution < -0.4 is 0 Å². The highest BCUT2D eigenvalue weighted by molar-refractivity contribution is 5.35. The van der Waals surface area contributed by atoms with Crippen LogP contribution in [0.3, 0.4) is 0 Å². The van der Waals surface area contributed by atoms with Gasteiger partial charge in [-0.15, -0.1) is 0 Å². The number of hydrogen-bond donors (Lipinski definition) is 1. The highest BCUT2D eigenvalue weighted by Crippen LogP contribution is 2.36. The summed E-state index contributed by atoms with van der Waals surface area (Å²) in [6.45, 7) is 0. The minimum atomic E-state index is -4.89. The van der Waals surface area contributed by atoms with Crippen molar-refractivity contribution in [3.8, 4) is 5.75 Å². The van der Waals surface area contributed by atoms with E-state index in [0.717, 1.165) is 0 Å². The normalized spacial score (nSPS) is 11.8. The van der Waals surface area contributed by atoms with E-state index in [0.29, 0.717) is 0 Å². The van der Waals surface area contributed by atoms with Crippen molar-refractivity contribution >= 4 is 0 Å². The molecule has 0 unspecified atom stereocenters. The first-order valence-corrected chi connectivity index (χ1v) is 3.07. The lowest BCUT2D eigenvalue weighted by Gasteiger charge is -2.08. The Hall–Kier alpha value is -1.33. The predicted molar refractivity (Wildman–Crippen MR) is 33.0 cm³/mol. The third-order valence-electron chi connectivity index (χ3n) is 1.34. The molecule has 0 saturated heterocycles. The molecular weight excluding hydrogens is 195 g/mol. The second-order valence-corrected chi connectivity index (χ2v) is 2.28. The molecule has 1 rings (SSSR count). The quantitative estimate of drug-likeness (QED) is 0.635. The van der Waals surface area contributed by atoms with Gasteiger partial charge in [0, 0.05) is 6.07 Å². The van der Waals surface area contributed by atoms with Gasteiger partial charge in [-0.2, -0.15) is 13.2 Å². The van der Waals surface area contributed by atoms with Crippen LogP contribution in [0.4, 0.5) is 22.0 Å². The molecule has 0 spiro atoms. The molecular formula is C7H3F5O. The second-order valence-electron chi connectivity index (χ2n) is 2.28. The van der Waals surface area contributed by atoms with Gasteiger partial charge in [0.15, 0.2) is 11.6 Å². The molecule has 72 valence electrons. The lowest BCUT2D eigenvalue weighted by Crippen LogP contribution is -2.06. The second kappa shape index (κ2) is 2.86. The highest BCUT2D eigenvalue weighted by Gasteiger charge is 2.34. The van der Waals surface area contributed by atoms with E-state index in [2.05, 4.69) is 0 Å². The number of phenolic OH excluding ortho intramolecular Hbond substituents is 1. The van der Waals surface area contributed by atoms with E-state index in [1.807, 2.05) is 0 Å². The standard InChI is InChI=1S/C7H3F5O/c8-4-1-3(7(10,11)12)6(13)2-5(4)9/h1-2,13H. The van der Waals surface area contributed by atoms with Gasteiger partial charge in [0.25, 0.3) is 0 Å². The molecule has 0 amide bonds. The first kappa shape index (κ1) is 9.76. The summed E-state index contributed by atoms with van der Waals surface area (Å²) in [6.07, 6.45) is -4.89. The van der Waals surface area contributed by atoms with Crippen LogP contribution >= 0.6 is 0 Å². The Morgan fingerprint density at radius 3 is 1.92 bits per heavy atom. The van der Waals surface area contributed by atoms with Gasteiger partial charge in [0.1, 0.15) is 11.3 Å². The van der Waals surface area contributed by atoms with E-state index in [1.165, 1.54) is 0 Å². The van der Waals surface area contributed by atoms with Gasteiger partial charge in [-0.05, 0) is 6.07 Å². The van der Waals surface area contributed by atoms with Crippen molar-refractivity contribution in [1.29, 1.82) is 0 Å². The van der Waals surface area contributed by atoms with Gasteiger partial charge < -0.3 is 5.11 Å². The number of alkyl halides is 3. The van der Waals surface area contributed by atoms with Gasteiger partial charge in [0.2, 0.25) is 0 Å². The molecule has 0 heterocycles. The minimum Gasteiger partial charge on any atom is -0.507 e. The zero-order valence-corrected chi connectivity index (χ0v) is 5.99. The van der Waals surface area contributed by atoms with Crippen LogP contribution in [0.5, 0.6) is 5.75 Å². The summed E-state index contributed by atoms with van der Waals surface area (Å²) in [5.41, 5.74) is -1.59. The Morgan fingerprint density at radius 1 is 1.00 bits per heavy atom. The SMILES string of the molecule is Oc1cc(F)c(F)cc1C(F)(F)F. The summed E-state index contributed by atoms with van der Waals surface area (Å²) in [7, 11) is 0. The largest absolute Gasteiger partial charge is 0.507 e. The van der Waals surface area contributed by atoms with Gasteiger partial charge in [-0.1, -0.05) is 0 Å². The summed E-state index contributed by atoms with van der Waals surface area (Å²) < 4.78 is 60.3. The Bertz CT molecular complexity index is 330. The van der Waals surface area contributed by atoms with E-state index in [1.54, 1.807) is 0 Å². The number of hydrogen-bond acceptors (Lipinski definition) is 1. The third-order valence-corrected chi connectivity index (χ3v) is 1.34. The number of rotatable bonds is 0. The van der Waals surface area contributed by atoms with Crippen LogP contribution in [0.15, 0.2) is 12.1 Å². The van der Waals surface area contributed by atoms with Crippen molar-refractivity contribution in [2.75, 3.05) is 0 Å². The van der Waals surface area contributed by atoms with Crippen LogP contribution in [-0.2, 0) is 6.18 Å². The Kier molecular flexibility index (Phi) is 2.15. The van der Waals surface area contributed by atoms with Gasteiger partial charge in [-0.3, -0.25) is 0 Å². The molecule has 0 fully saturated rings. The molecule has 13 heavy (non-hydrogen) atoms. The Morgan fingerprint density at radius 2 is 1.46 bits per heavy atom. The summed E-state index contributed by atoms with van der Waals surface area (Å²) in [6, 6.07) is -0.0111. The zero-order valence-electron chi connectivity index (χ0n) is 5.99. The van der Waals surface area contributed by atoms with Crippen LogP contribution in [0.2, 0.25) is 0 Å². The maximum absolute atomic E-state index is 12.3. The van der Waals surface area contributed by atoms with Gasteiger partial charge >= 0.3 is 6.18 Å². The first-order chi connectivity index (χ1) is 5.82. The van der Waals surface area contributed by atoms with Crippen LogP contribution in [0, 0.1) is 11.6 Å². The van der Waals surface area contributed by atoms with E-state index in [9.17, 15) is 22.0 Å². The molecule has 0 saturated carbocycles. The summed E-state index contributed by atoms with van der Waals surface area (Å²) >= 11 is 0. The molecule has 0 aliphatic heterocycles. The van der Waals surface area contributed by atoms with Crippen LogP contribution in [0.25, 0.3) is 0 Å². The van der Waals surface area contributed by atoms with E-state index >= 15 is 0 Å². The fourth-order valence-electron chi connectivity index (χ4n) is 0.763. The van der Waals surface area contributed by atoms with E-state index < -0.39 is 29.1 Å². The average Bonchev–Trinajstić information content (AvgIpc) is 1.94. The zero-order chi connectivity index (χ0) is 10.2. The Balaban J connectivity index is 3.32. The lowest BCUT2D eigenvalue weighted by atomic mass is 10.2. The molecule has 0 bridgehead atoms. The number of benzene rings is 1. The topological polar surface area (TPSA) is 20.2 Å². The average molecular weight is 198 g/mol. The molecule has 1 aromatic rings. The molecule has 1 aromatic carbocycles. The smallest absolute Gasteiger partial charge is 0.420 e. The highest BCUT2D eigenvalue weighted by atomic mass is 19.4. The van der Waals surface area contributed by atoms with Crippen LogP contribution in [0.1, 0.15) is 5.56 Å². The number of halogens is 5. The summed E-state index contributed by atoms with van der Waals surface area (Å²) in [4.78, 5) is 0. The first-order valence-electron chi connectivity index (χ1n) is 3.07. The predicted octanol–water partition coefficient (Wildman–Crippen LogP) is 2.69. The van der Waals surface area contributed by atoms with E-state index in [4.69, 9.17) is 5.11 Å². The minimum absolute atomic E-state index is 0.0815. The van der Waals surface area contributed by atoms with E-state index in [-0.39, 0.29) is 12.1 Å². The van der Waals surface area contributed by atoms with Crippen molar-refractivity contribution < 1.29 is 27.1 Å². The van der Waals surface area contributed by atoms with Crippen LogP contribution in [-0.4, -0.2) is 5.11 Å². The monoisotopic (exact) mass is 198 g/mol. The fraction of sp³-hybridized carbons (Fsp3) is 0.143.